The van der Waals surface area contributed by atoms with Gasteiger partial charge in [0.25, 0.3) is 5.91 Å². The van der Waals surface area contributed by atoms with E-state index in [2.05, 4.69) is 10.4 Å². The van der Waals surface area contributed by atoms with E-state index >= 15 is 0 Å². The lowest BCUT2D eigenvalue weighted by Gasteiger charge is -2.11. The number of aryl methyl sites for hydroxylation is 1. The Morgan fingerprint density at radius 1 is 1.30 bits per heavy atom. The van der Waals surface area contributed by atoms with Gasteiger partial charge < -0.3 is 20.5 Å². The maximum absolute atomic E-state index is 12.1. The zero-order valence-corrected chi connectivity index (χ0v) is 11.5. The topological polar surface area (TPSA) is 91.4 Å². The van der Waals surface area contributed by atoms with Gasteiger partial charge in [-0.1, -0.05) is 0 Å². The molecular formula is C13H16N4O3. The van der Waals surface area contributed by atoms with Gasteiger partial charge in [-0.15, -0.1) is 0 Å². The number of anilines is 2. The second kappa shape index (κ2) is 5.52. The van der Waals surface area contributed by atoms with Crippen LogP contribution in [-0.4, -0.2) is 29.9 Å². The minimum atomic E-state index is -0.338. The summed E-state index contributed by atoms with van der Waals surface area (Å²) in [6.07, 6.45) is 1.43. The maximum Gasteiger partial charge on any atom is 0.276 e. The highest BCUT2D eigenvalue weighted by atomic mass is 16.5. The van der Waals surface area contributed by atoms with Gasteiger partial charge in [0, 0.05) is 18.8 Å². The number of amides is 1. The molecule has 2 rings (SSSR count). The lowest BCUT2D eigenvalue weighted by Crippen LogP contribution is -2.17. The van der Waals surface area contributed by atoms with Crippen molar-refractivity contribution in [3.63, 3.8) is 0 Å². The first-order valence-electron chi connectivity index (χ1n) is 5.87. The Kier molecular flexibility index (Phi) is 3.79. The molecule has 7 nitrogen and oxygen atoms in total. The molecular weight excluding hydrogens is 260 g/mol. The van der Waals surface area contributed by atoms with Crippen LogP contribution in [0.4, 0.5) is 11.4 Å². The van der Waals surface area contributed by atoms with Crippen LogP contribution in [0.25, 0.3) is 0 Å². The molecule has 0 aliphatic heterocycles. The van der Waals surface area contributed by atoms with Crippen molar-refractivity contribution in [3.05, 3.63) is 30.1 Å². The fraction of sp³-hybridized carbons (Fsp3) is 0.231. The summed E-state index contributed by atoms with van der Waals surface area (Å²) in [5.41, 5.74) is 6.92. The van der Waals surface area contributed by atoms with Gasteiger partial charge in [0.15, 0.2) is 11.5 Å². The van der Waals surface area contributed by atoms with Crippen LogP contribution in [0.15, 0.2) is 24.4 Å². The van der Waals surface area contributed by atoms with Crippen LogP contribution in [0, 0.1) is 0 Å². The van der Waals surface area contributed by atoms with E-state index in [1.165, 1.54) is 18.0 Å². The molecule has 1 amide bonds. The van der Waals surface area contributed by atoms with E-state index in [1.807, 2.05) is 0 Å². The van der Waals surface area contributed by atoms with Crippen LogP contribution in [-0.2, 0) is 7.05 Å². The number of hydrogen-bond acceptors (Lipinski definition) is 5. The van der Waals surface area contributed by atoms with Crippen LogP contribution in [0.1, 0.15) is 10.5 Å². The molecule has 0 radical (unpaired) electrons. The van der Waals surface area contributed by atoms with Crippen molar-refractivity contribution >= 4 is 17.3 Å². The number of aromatic nitrogens is 2. The summed E-state index contributed by atoms with van der Waals surface area (Å²) in [6.45, 7) is 0. The lowest BCUT2D eigenvalue weighted by molar-refractivity contribution is 0.101. The summed E-state index contributed by atoms with van der Waals surface area (Å²) in [7, 11) is 4.73. The molecule has 1 heterocycles. The number of nitrogen functional groups attached to an aromatic ring is 1. The highest BCUT2D eigenvalue weighted by molar-refractivity contribution is 6.06. The SMILES string of the molecule is COc1ccc(NC(=O)c2c(N)cnn2C)cc1OC. The summed E-state index contributed by atoms with van der Waals surface area (Å²) in [4.78, 5) is 12.1. The van der Waals surface area contributed by atoms with Crippen LogP contribution in [0.2, 0.25) is 0 Å². The van der Waals surface area contributed by atoms with Crippen LogP contribution < -0.4 is 20.5 Å². The van der Waals surface area contributed by atoms with Gasteiger partial charge in [0.2, 0.25) is 0 Å². The number of nitrogens with zero attached hydrogens (tertiary/aromatic N) is 2. The molecule has 0 saturated carbocycles. The Hall–Kier alpha value is -2.70. The van der Waals surface area contributed by atoms with Crippen LogP contribution >= 0.6 is 0 Å². The van der Waals surface area contributed by atoms with Gasteiger partial charge in [-0.2, -0.15) is 5.10 Å². The van der Waals surface area contributed by atoms with Crippen molar-refractivity contribution < 1.29 is 14.3 Å². The average Bonchev–Trinajstić information content (AvgIpc) is 2.78. The number of rotatable bonds is 4. The third-order valence-corrected chi connectivity index (χ3v) is 2.82. The molecule has 0 fully saturated rings. The van der Waals surface area contributed by atoms with E-state index in [1.54, 1.807) is 32.4 Å². The first-order chi connectivity index (χ1) is 9.56. The minimum Gasteiger partial charge on any atom is -0.493 e. The molecule has 0 spiro atoms. The number of carbonyl (C=O) groups is 1. The number of methoxy groups -OCH3 is 2. The number of nitrogens with one attached hydrogen (secondary N) is 1. The number of ether oxygens (including phenoxy) is 2. The summed E-state index contributed by atoms with van der Waals surface area (Å²) < 4.78 is 11.7. The molecule has 0 aliphatic rings. The van der Waals surface area contributed by atoms with Gasteiger partial charge in [0.1, 0.15) is 5.69 Å². The number of nitrogens with two attached hydrogens (primary N) is 1. The average molecular weight is 276 g/mol. The maximum atomic E-state index is 12.1. The monoisotopic (exact) mass is 276 g/mol. The summed E-state index contributed by atoms with van der Waals surface area (Å²) in [5.74, 6) is 0.781. The molecule has 7 heteroatoms. The summed E-state index contributed by atoms with van der Waals surface area (Å²) >= 11 is 0. The lowest BCUT2D eigenvalue weighted by atomic mass is 10.2. The largest absolute Gasteiger partial charge is 0.493 e. The van der Waals surface area contributed by atoms with Gasteiger partial charge in [-0.05, 0) is 12.1 Å². The number of hydrogen-bond donors (Lipinski definition) is 2. The highest BCUT2D eigenvalue weighted by Gasteiger charge is 2.15. The van der Waals surface area contributed by atoms with Crippen molar-refractivity contribution in [2.24, 2.45) is 7.05 Å². The molecule has 0 atom stereocenters. The predicted molar refractivity (Wildman–Crippen MR) is 75.1 cm³/mol. The molecule has 0 unspecified atom stereocenters. The summed E-state index contributed by atoms with van der Waals surface area (Å²) in [5, 5.41) is 6.66. The van der Waals surface area contributed by atoms with E-state index < -0.39 is 0 Å². The second-order valence-electron chi connectivity index (χ2n) is 4.10. The highest BCUT2D eigenvalue weighted by Crippen LogP contribution is 2.30. The van der Waals surface area contributed by atoms with E-state index in [0.717, 1.165) is 0 Å². The van der Waals surface area contributed by atoms with Crippen molar-refractivity contribution in [1.82, 2.24) is 9.78 Å². The molecule has 1 aromatic carbocycles. The molecule has 0 bridgehead atoms. The zero-order chi connectivity index (χ0) is 14.7. The van der Waals surface area contributed by atoms with E-state index in [4.69, 9.17) is 15.2 Å². The number of carbonyl (C=O) groups excluding carboxylic acids is 1. The molecule has 0 saturated heterocycles. The Balaban J connectivity index is 2.24. The van der Waals surface area contributed by atoms with Crippen molar-refractivity contribution in [3.8, 4) is 11.5 Å². The third-order valence-electron chi connectivity index (χ3n) is 2.82. The van der Waals surface area contributed by atoms with E-state index in [0.29, 0.717) is 28.6 Å². The fourth-order valence-corrected chi connectivity index (χ4v) is 1.84. The van der Waals surface area contributed by atoms with Gasteiger partial charge >= 0.3 is 0 Å². The minimum absolute atomic E-state index is 0.305. The van der Waals surface area contributed by atoms with E-state index in [-0.39, 0.29) is 5.91 Å². The van der Waals surface area contributed by atoms with Crippen LogP contribution in [0.5, 0.6) is 11.5 Å². The fourth-order valence-electron chi connectivity index (χ4n) is 1.84. The zero-order valence-electron chi connectivity index (χ0n) is 11.5. The van der Waals surface area contributed by atoms with Gasteiger partial charge in [-0.25, -0.2) is 0 Å². The first-order valence-corrected chi connectivity index (χ1v) is 5.87. The van der Waals surface area contributed by atoms with E-state index in [9.17, 15) is 4.79 Å². The van der Waals surface area contributed by atoms with Gasteiger partial charge in [-0.3, -0.25) is 9.48 Å². The Morgan fingerprint density at radius 2 is 2.00 bits per heavy atom. The normalized spacial score (nSPS) is 10.2. The van der Waals surface area contributed by atoms with Crippen molar-refractivity contribution in [2.75, 3.05) is 25.3 Å². The third kappa shape index (κ3) is 2.51. The predicted octanol–water partition coefficient (Wildman–Crippen LogP) is 1.27. The molecule has 0 aliphatic carbocycles. The van der Waals surface area contributed by atoms with Gasteiger partial charge in [0.05, 0.1) is 26.1 Å². The molecule has 3 N–H and O–H groups in total. The first kappa shape index (κ1) is 13.7. The quantitative estimate of drug-likeness (QED) is 0.877. The second-order valence-corrected chi connectivity index (χ2v) is 4.10. The standard InChI is InChI=1S/C13H16N4O3/c1-17-12(9(14)7-15-17)13(18)16-8-4-5-10(19-2)11(6-8)20-3/h4-7H,14H2,1-3H3,(H,16,18). The summed E-state index contributed by atoms with van der Waals surface area (Å²) in [6, 6.07) is 5.09. The smallest absolute Gasteiger partial charge is 0.276 e. The Morgan fingerprint density at radius 3 is 2.55 bits per heavy atom. The Bertz CT molecular complexity index is 617. The number of benzene rings is 1. The molecule has 20 heavy (non-hydrogen) atoms. The van der Waals surface area contributed by atoms with Crippen molar-refractivity contribution in [2.45, 2.75) is 0 Å². The molecule has 106 valence electrons. The van der Waals surface area contributed by atoms with Crippen LogP contribution in [0.3, 0.4) is 0 Å². The van der Waals surface area contributed by atoms with Crippen molar-refractivity contribution in [1.29, 1.82) is 0 Å². The molecule has 1 aromatic heterocycles. The molecule has 2 aromatic rings. The Labute approximate surface area is 116 Å².